The van der Waals surface area contributed by atoms with E-state index in [4.69, 9.17) is 5.26 Å². The minimum absolute atomic E-state index is 0.729. The molecule has 0 saturated heterocycles. The van der Waals surface area contributed by atoms with Crippen LogP contribution in [-0.2, 0) is 0 Å². The molecule has 3 heteroatoms. The minimum atomic E-state index is 0.729. The van der Waals surface area contributed by atoms with Crippen LogP contribution in [0.15, 0.2) is 17.0 Å². The molecule has 0 N–H and O–H groups in total. The minimum Gasteiger partial charge on any atom is -0.192 e. The highest BCUT2D eigenvalue weighted by Crippen LogP contribution is 2.20. The molecule has 11 heavy (non-hydrogen) atoms. The molecule has 56 valence electrons. The molecule has 0 unspecified atom stereocenters. The fourth-order valence-electron chi connectivity index (χ4n) is 0.787. The van der Waals surface area contributed by atoms with Crippen molar-refractivity contribution in [2.45, 2.75) is 11.8 Å². The van der Waals surface area contributed by atoms with Gasteiger partial charge in [-0.05, 0) is 47.2 Å². The van der Waals surface area contributed by atoms with Crippen LogP contribution in [0.5, 0.6) is 0 Å². The number of hydrogen-bond donors (Lipinski definition) is 1. The van der Waals surface area contributed by atoms with Crippen LogP contribution in [-0.4, -0.2) is 0 Å². The van der Waals surface area contributed by atoms with Crippen molar-refractivity contribution in [1.29, 1.82) is 5.26 Å². The maximum atomic E-state index is 8.66. The number of halogens is 1. The zero-order valence-electron chi connectivity index (χ0n) is 5.93. The Labute approximate surface area is 85.0 Å². The normalized spacial score (nSPS) is 9.27. The summed E-state index contributed by atoms with van der Waals surface area (Å²) in [4.78, 5) is 0.933. The second kappa shape index (κ2) is 3.46. The Morgan fingerprint density at radius 1 is 1.55 bits per heavy atom. The van der Waals surface area contributed by atoms with Gasteiger partial charge in [0.15, 0.2) is 0 Å². The van der Waals surface area contributed by atoms with Crippen LogP contribution in [0.3, 0.4) is 0 Å². The van der Waals surface area contributed by atoms with E-state index in [2.05, 4.69) is 41.3 Å². The van der Waals surface area contributed by atoms with Crippen molar-refractivity contribution in [2.24, 2.45) is 0 Å². The molecule has 0 amide bonds. The lowest BCUT2D eigenvalue weighted by atomic mass is 10.1. The molecule has 0 radical (unpaired) electrons. The monoisotopic (exact) mass is 275 g/mol. The van der Waals surface area contributed by atoms with Gasteiger partial charge in [-0.2, -0.15) is 5.26 Å². The summed E-state index contributed by atoms with van der Waals surface area (Å²) in [6.45, 7) is 1.91. The molecule has 0 fully saturated rings. The summed E-state index contributed by atoms with van der Waals surface area (Å²) < 4.78 is 1.02. The average molecular weight is 275 g/mol. The third kappa shape index (κ3) is 1.88. The zero-order chi connectivity index (χ0) is 8.43. The predicted molar refractivity (Wildman–Crippen MR) is 55.9 cm³/mol. The Bertz CT molecular complexity index is 328. The van der Waals surface area contributed by atoms with Crippen LogP contribution in [0, 0.1) is 21.8 Å². The van der Waals surface area contributed by atoms with Gasteiger partial charge in [-0.15, -0.1) is 12.6 Å². The molecule has 0 spiro atoms. The van der Waals surface area contributed by atoms with Crippen LogP contribution >= 0.6 is 35.2 Å². The van der Waals surface area contributed by atoms with E-state index in [0.717, 1.165) is 19.6 Å². The number of rotatable bonds is 0. The highest BCUT2D eigenvalue weighted by atomic mass is 127. The van der Waals surface area contributed by atoms with Crippen molar-refractivity contribution in [2.75, 3.05) is 0 Å². The Hall–Kier alpha value is -0.210. The van der Waals surface area contributed by atoms with E-state index in [1.807, 2.05) is 19.1 Å². The quantitative estimate of drug-likeness (QED) is 0.571. The fraction of sp³-hybridized carbons (Fsp3) is 0.125. The molecule has 0 bridgehead atoms. The Morgan fingerprint density at radius 3 is 2.73 bits per heavy atom. The molecule has 0 atom stereocenters. The zero-order valence-corrected chi connectivity index (χ0v) is 8.98. The number of thiol groups is 1. The Morgan fingerprint density at radius 2 is 2.18 bits per heavy atom. The molecule has 0 aliphatic heterocycles. The first-order valence-electron chi connectivity index (χ1n) is 3.04. The van der Waals surface area contributed by atoms with Gasteiger partial charge in [-0.1, -0.05) is 0 Å². The van der Waals surface area contributed by atoms with Gasteiger partial charge in [0.1, 0.15) is 0 Å². The first-order valence-corrected chi connectivity index (χ1v) is 4.57. The standard InChI is InChI=1S/C8H6INS/c1-5-2-8(11)7(9)3-6(5)4-10/h2-3,11H,1H3. The maximum Gasteiger partial charge on any atom is 0.0994 e. The fourth-order valence-corrected chi connectivity index (χ4v) is 1.51. The number of benzene rings is 1. The summed E-state index contributed by atoms with van der Waals surface area (Å²) in [7, 11) is 0. The van der Waals surface area contributed by atoms with E-state index in [0.29, 0.717) is 0 Å². The third-order valence-electron chi connectivity index (χ3n) is 1.41. The van der Waals surface area contributed by atoms with Crippen molar-refractivity contribution >= 4 is 35.2 Å². The summed E-state index contributed by atoms with van der Waals surface area (Å²) in [6.07, 6.45) is 0. The Kier molecular flexibility index (Phi) is 2.79. The third-order valence-corrected chi connectivity index (χ3v) is 3.10. The summed E-state index contributed by atoms with van der Waals surface area (Å²) in [6, 6.07) is 5.88. The smallest absolute Gasteiger partial charge is 0.0994 e. The molecule has 0 aliphatic rings. The molecule has 0 saturated carbocycles. The molecular weight excluding hydrogens is 269 g/mol. The van der Waals surface area contributed by atoms with Crippen LogP contribution in [0.4, 0.5) is 0 Å². The Balaban J connectivity index is 3.35. The topological polar surface area (TPSA) is 23.8 Å². The highest BCUT2D eigenvalue weighted by molar-refractivity contribution is 14.1. The average Bonchev–Trinajstić information content (AvgIpc) is 1.97. The van der Waals surface area contributed by atoms with Gasteiger partial charge in [0, 0.05) is 8.47 Å². The largest absolute Gasteiger partial charge is 0.192 e. The molecule has 0 aromatic heterocycles. The van der Waals surface area contributed by atoms with Crippen LogP contribution < -0.4 is 0 Å². The summed E-state index contributed by atoms with van der Waals surface area (Å²) in [5.41, 5.74) is 1.71. The number of aryl methyl sites for hydroxylation is 1. The van der Waals surface area contributed by atoms with Gasteiger partial charge < -0.3 is 0 Å². The second-order valence-corrected chi connectivity index (χ2v) is 3.87. The van der Waals surface area contributed by atoms with Crippen LogP contribution in [0.25, 0.3) is 0 Å². The molecule has 1 rings (SSSR count). The lowest BCUT2D eigenvalue weighted by molar-refractivity contribution is 1.30. The van der Waals surface area contributed by atoms with Gasteiger partial charge in [-0.3, -0.25) is 0 Å². The van der Waals surface area contributed by atoms with Gasteiger partial charge in [-0.25, -0.2) is 0 Å². The number of hydrogen-bond acceptors (Lipinski definition) is 2. The van der Waals surface area contributed by atoms with E-state index in [-0.39, 0.29) is 0 Å². The van der Waals surface area contributed by atoms with Gasteiger partial charge >= 0.3 is 0 Å². The van der Waals surface area contributed by atoms with E-state index < -0.39 is 0 Å². The van der Waals surface area contributed by atoms with Crippen molar-refractivity contribution in [3.63, 3.8) is 0 Å². The molecular formula is C8H6INS. The molecule has 1 aromatic carbocycles. The lowest BCUT2D eigenvalue weighted by Crippen LogP contribution is -1.84. The van der Waals surface area contributed by atoms with Gasteiger partial charge in [0.2, 0.25) is 0 Å². The van der Waals surface area contributed by atoms with E-state index in [1.54, 1.807) is 0 Å². The van der Waals surface area contributed by atoms with E-state index >= 15 is 0 Å². The number of nitrogens with zero attached hydrogens (tertiary/aromatic N) is 1. The van der Waals surface area contributed by atoms with E-state index in [9.17, 15) is 0 Å². The van der Waals surface area contributed by atoms with Crippen LogP contribution in [0.2, 0.25) is 0 Å². The first kappa shape index (κ1) is 8.88. The molecule has 1 nitrogen and oxygen atoms in total. The highest BCUT2D eigenvalue weighted by Gasteiger charge is 2.00. The maximum absolute atomic E-state index is 8.66. The molecule has 1 aromatic rings. The second-order valence-electron chi connectivity index (χ2n) is 2.23. The number of nitriles is 1. The van der Waals surface area contributed by atoms with E-state index in [1.165, 1.54) is 0 Å². The van der Waals surface area contributed by atoms with Crippen molar-refractivity contribution in [1.82, 2.24) is 0 Å². The lowest BCUT2D eigenvalue weighted by Gasteiger charge is -2.00. The summed E-state index contributed by atoms with van der Waals surface area (Å²) in [5, 5.41) is 8.66. The van der Waals surface area contributed by atoms with Crippen molar-refractivity contribution in [3.05, 3.63) is 26.8 Å². The summed E-state index contributed by atoms with van der Waals surface area (Å²) in [5.74, 6) is 0. The van der Waals surface area contributed by atoms with Crippen LogP contribution in [0.1, 0.15) is 11.1 Å². The van der Waals surface area contributed by atoms with Crippen molar-refractivity contribution < 1.29 is 0 Å². The SMILES string of the molecule is Cc1cc(S)c(I)cc1C#N. The predicted octanol–water partition coefficient (Wildman–Crippen LogP) is 2.76. The molecule has 0 aliphatic carbocycles. The van der Waals surface area contributed by atoms with Crippen molar-refractivity contribution in [3.8, 4) is 6.07 Å². The summed E-state index contributed by atoms with van der Waals surface area (Å²) >= 11 is 6.40. The molecule has 0 heterocycles. The van der Waals surface area contributed by atoms with Gasteiger partial charge in [0.25, 0.3) is 0 Å². The first-order chi connectivity index (χ1) is 5.15. The van der Waals surface area contributed by atoms with Gasteiger partial charge in [0.05, 0.1) is 11.6 Å².